The number of aryl methyl sites for hydroxylation is 2. The van der Waals surface area contributed by atoms with E-state index in [-0.39, 0.29) is 24.6 Å². The Bertz CT molecular complexity index is 590. The molecule has 1 rings (SSSR count). The average Bonchev–Trinajstić information content (AvgIpc) is 2.69. The molecule has 7 heteroatoms. The molecule has 0 aliphatic heterocycles. The number of sulfonamides is 1. The van der Waals surface area contributed by atoms with Crippen molar-refractivity contribution in [3.63, 3.8) is 0 Å². The second-order valence-corrected chi connectivity index (χ2v) is 7.54. The molecule has 0 aliphatic rings. The Morgan fingerprint density at radius 3 is 2.60 bits per heavy atom. The van der Waals surface area contributed by atoms with Gasteiger partial charge in [-0.25, -0.2) is 8.42 Å². The van der Waals surface area contributed by atoms with E-state index >= 15 is 0 Å². The van der Waals surface area contributed by atoms with Crippen LogP contribution >= 0.6 is 11.3 Å². The highest BCUT2D eigenvalue weighted by atomic mass is 32.2. The number of ether oxygens (including phenoxy) is 1. The highest BCUT2D eigenvalue weighted by Gasteiger charge is 2.28. The lowest BCUT2D eigenvalue weighted by Crippen LogP contribution is -2.36. The van der Waals surface area contributed by atoms with E-state index in [4.69, 9.17) is 4.74 Å². The Kier molecular flexibility index (Phi) is 5.91. The lowest BCUT2D eigenvalue weighted by molar-refractivity contribution is -0.143. The molecule has 1 heterocycles. The maximum Gasteiger partial charge on any atom is 0.321 e. The Morgan fingerprint density at radius 2 is 2.15 bits per heavy atom. The van der Waals surface area contributed by atoms with Gasteiger partial charge in [-0.1, -0.05) is 6.08 Å². The summed E-state index contributed by atoms with van der Waals surface area (Å²) in [6, 6.07) is 1.62. The molecule has 0 spiro atoms. The van der Waals surface area contributed by atoms with Gasteiger partial charge in [-0.05, 0) is 26.8 Å². The van der Waals surface area contributed by atoms with Gasteiger partial charge in [-0.3, -0.25) is 4.79 Å². The van der Waals surface area contributed by atoms with Gasteiger partial charge in [0.1, 0.15) is 6.54 Å². The van der Waals surface area contributed by atoms with Gasteiger partial charge in [0.15, 0.2) is 0 Å². The van der Waals surface area contributed by atoms with Crippen molar-refractivity contribution in [3.8, 4) is 0 Å². The Balaban J connectivity index is 3.09. The molecule has 0 N–H and O–H groups in total. The first-order valence-electron chi connectivity index (χ1n) is 6.16. The predicted molar refractivity (Wildman–Crippen MR) is 79.4 cm³/mol. The minimum atomic E-state index is -3.71. The van der Waals surface area contributed by atoms with Gasteiger partial charge in [-0.15, -0.1) is 17.9 Å². The quantitative estimate of drug-likeness (QED) is 0.571. The summed E-state index contributed by atoms with van der Waals surface area (Å²) in [5.74, 6) is -0.567. The number of nitrogens with zero attached hydrogens (tertiary/aromatic N) is 1. The lowest BCUT2D eigenvalue weighted by atomic mass is 10.4. The summed E-state index contributed by atoms with van der Waals surface area (Å²) in [7, 11) is -3.71. The second kappa shape index (κ2) is 7.01. The lowest BCUT2D eigenvalue weighted by Gasteiger charge is -2.19. The van der Waals surface area contributed by atoms with Gasteiger partial charge < -0.3 is 4.74 Å². The van der Waals surface area contributed by atoms with Crippen LogP contribution in [0.25, 0.3) is 0 Å². The van der Waals surface area contributed by atoms with Gasteiger partial charge in [0.25, 0.3) is 0 Å². The number of rotatable bonds is 7. The van der Waals surface area contributed by atoms with Crippen LogP contribution in [0.15, 0.2) is 23.6 Å². The molecule has 0 bridgehead atoms. The first-order chi connectivity index (χ1) is 9.32. The number of esters is 1. The minimum absolute atomic E-state index is 0.0650. The highest BCUT2D eigenvalue weighted by molar-refractivity contribution is 7.89. The zero-order chi connectivity index (χ0) is 15.3. The van der Waals surface area contributed by atoms with Gasteiger partial charge in [0, 0.05) is 16.3 Å². The van der Waals surface area contributed by atoms with Crippen molar-refractivity contribution in [1.82, 2.24) is 4.31 Å². The van der Waals surface area contributed by atoms with Gasteiger partial charge in [-0.2, -0.15) is 4.31 Å². The molecule has 0 saturated carbocycles. The van der Waals surface area contributed by atoms with Crippen molar-refractivity contribution in [2.75, 3.05) is 19.7 Å². The van der Waals surface area contributed by atoms with Gasteiger partial charge in [0.2, 0.25) is 10.0 Å². The van der Waals surface area contributed by atoms with Crippen molar-refractivity contribution in [1.29, 1.82) is 0 Å². The third-order valence-corrected chi connectivity index (χ3v) is 5.59. The van der Waals surface area contributed by atoms with E-state index in [0.717, 1.165) is 9.18 Å². The van der Waals surface area contributed by atoms with Crippen LogP contribution in [-0.4, -0.2) is 38.4 Å². The van der Waals surface area contributed by atoms with Crippen molar-refractivity contribution in [2.45, 2.75) is 25.7 Å². The molecule has 112 valence electrons. The molecule has 0 fully saturated rings. The predicted octanol–water partition coefficient (Wildman–Crippen LogP) is 2.10. The highest BCUT2D eigenvalue weighted by Crippen LogP contribution is 2.27. The van der Waals surface area contributed by atoms with Crippen LogP contribution < -0.4 is 0 Å². The van der Waals surface area contributed by atoms with Crippen LogP contribution in [0.1, 0.15) is 16.7 Å². The zero-order valence-electron chi connectivity index (χ0n) is 11.9. The third-order valence-electron chi connectivity index (χ3n) is 2.56. The van der Waals surface area contributed by atoms with E-state index in [0.29, 0.717) is 4.88 Å². The van der Waals surface area contributed by atoms with Crippen LogP contribution in [0.5, 0.6) is 0 Å². The van der Waals surface area contributed by atoms with E-state index in [1.54, 1.807) is 19.9 Å². The summed E-state index contributed by atoms with van der Waals surface area (Å²) in [4.78, 5) is 13.4. The normalized spacial score (nSPS) is 11.6. The molecule has 0 radical (unpaired) electrons. The summed E-state index contributed by atoms with van der Waals surface area (Å²) in [6.45, 7) is 8.78. The van der Waals surface area contributed by atoms with Crippen LogP contribution in [0, 0.1) is 13.8 Å². The molecule has 1 aromatic heterocycles. The van der Waals surface area contributed by atoms with Crippen molar-refractivity contribution >= 4 is 27.3 Å². The van der Waals surface area contributed by atoms with E-state index in [1.807, 2.05) is 6.92 Å². The number of carbonyl (C=O) groups excluding carboxylic acids is 1. The summed E-state index contributed by atoms with van der Waals surface area (Å²) in [5.41, 5.74) is 0. The first kappa shape index (κ1) is 16.9. The average molecular weight is 317 g/mol. The molecular formula is C13H19NO4S2. The summed E-state index contributed by atoms with van der Waals surface area (Å²) in [5, 5.41) is 0. The maximum absolute atomic E-state index is 12.6. The second-order valence-electron chi connectivity index (χ2n) is 4.17. The SMILES string of the molecule is C=CCN(CC(=O)OCC)S(=O)(=O)c1cc(C)sc1C. The molecule has 0 atom stereocenters. The summed E-state index contributed by atoms with van der Waals surface area (Å²) in [6.07, 6.45) is 1.45. The largest absolute Gasteiger partial charge is 0.465 e. The van der Waals surface area contributed by atoms with Crippen LogP contribution in [0.3, 0.4) is 0 Å². The Hall–Kier alpha value is -1.18. The van der Waals surface area contributed by atoms with Crippen molar-refractivity contribution in [3.05, 3.63) is 28.5 Å². The standard InChI is InChI=1S/C13H19NO4S2/c1-5-7-14(9-13(15)18-6-2)20(16,17)12-8-10(3)19-11(12)4/h5,8H,1,6-7,9H2,2-4H3. The van der Waals surface area contributed by atoms with Crippen LogP contribution in [0.4, 0.5) is 0 Å². The number of carbonyl (C=O) groups is 1. The monoisotopic (exact) mass is 317 g/mol. The summed E-state index contributed by atoms with van der Waals surface area (Å²) >= 11 is 1.41. The summed E-state index contributed by atoms with van der Waals surface area (Å²) < 4.78 is 31.0. The van der Waals surface area contributed by atoms with E-state index in [1.165, 1.54) is 17.4 Å². The zero-order valence-corrected chi connectivity index (χ0v) is 13.5. The van der Waals surface area contributed by atoms with Crippen LogP contribution in [-0.2, 0) is 19.6 Å². The molecule has 0 aromatic carbocycles. The molecule has 0 unspecified atom stereocenters. The van der Waals surface area contributed by atoms with Crippen LogP contribution in [0.2, 0.25) is 0 Å². The molecule has 0 aliphatic carbocycles. The Labute approximate surface area is 123 Å². The number of hydrogen-bond donors (Lipinski definition) is 0. The number of thiophene rings is 1. The molecular weight excluding hydrogens is 298 g/mol. The van der Waals surface area contributed by atoms with E-state index < -0.39 is 16.0 Å². The topological polar surface area (TPSA) is 63.7 Å². The molecule has 5 nitrogen and oxygen atoms in total. The van der Waals surface area contributed by atoms with E-state index in [9.17, 15) is 13.2 Å². The maximum atomic E-state index is 12.6. The molecule has 0 amide bonds. The van der Waals surface area contributed by atoms with Gasteiger partial charge >= 0.3 is 5.97 Å². The minimum Gasteiger partial charge on any atom is -0.465 e. The number of hydrogen-bond acceptors (Lipinski definition) is 5. The van der Waals surface area contributed by atoms with E-state index in [2.05, 4.69) is 6.58 Å². The fraction of sp³-hybridized carbons (Fsp3) is 0.462. The van der Waals surface area contributed by atoms with Crippen molar-refractivity contribution < 1.29 is 17.9 Å². The fourth-order valence-corrected chi connectivity index (χ4v) is 4.62. The Morgan fingerprint density at radius 1 is 1.50 bits per heavy atom. The van der Waals surface area contributed by atoms with Crippen molar-refractivity contribution in [2.24, 2.45) is 0 Å². The smallest absolute Gasteiger partial charge is 0.321 e. The molecule has 1 aromatic rings. The van der Waals surface area contributed by atoms with Gasteiger partial charge in [0.05, 0.1) is 11.5 Å². The molecule has 0 saturated heterocycles. The molecule has 20 heavy (non-hydrogen) atoms. The third kappa shape index (κ3) is 3.91. The fourth-order valence-electron chi connectivity index (χ4n) is 1.74. The first-order valence-corrected chi connectivity index (χ1v) is 8.42.